The molecule has 0 saturated carbocycles. The van der Waals surface area contributed by atoms with Crippen molar-refractivity contribution in [2.24, 2.45) is 0 Å². The van der Waals surface area contributed by atoms with E-state index in [1.165, 1.54) is 0 Å². The van der Waals surface area contributed by atoms with Crippen LogP contribution in [0, 0.1) is 13.8 Å². The minimum Gasteiger partial charge on any atom is -0.497 e. The van der Waals surface area contributed by atoms with Gasteiger partial charge in [0.15, 0.2) is 5.76 Å². The number of rotatable bonds is 2. The Bertz CT molecular complexity index is 474. The molecule has 0 fully saturated rings. The van der Waals surface area contributed by atoms with Crippen molar-refractivity contribution in [1.29, 1.82) is 0 Å². The first-order valence-electron chi connectivity index (χ1n) is 4.79. The summed E-state index contributed by atoms with van der Waals surface area (Å²) in [7, 11) is 1.65. The fraction of sp³-hybridized carbons (Fsp3) is 0.250. The van der Waals surface area contributed by atoms with Gasteiger partial charge in [0.1, 0.15) is 5.75 Å². The van der Waals surface area contributed by atoms with Crippen molar-refractivity contribution in [2.75, 3.05) is 7.11 Å². The quantitative estimate of drug-likeness (QED) is 0.752. The van der Waals surface area contributed by atoms with E-state index < -0.39 is 0 Å². The maximum Gasteiger partial charge on any atom is 0.170 e. The Kier molecular flexibility index (Phi) is 2.46. The predicted octanol–water partition coefficient (Wildman–Crippen LogP) is 2.97. The lowest BCUT2D eigenvalue weighted by molar-refractivity contribution is 0.413. The molecule has 3 heteroatoms. The lowest BCUT2D eigenvalue weighted by Gasteiger charge is -2.01. The van der Waals surface area contributed by atoms with Crippen LogP contribution in [-0.2, 0) is 0 Å². The molecule has 15 heavy (non-hydrogen) atoms. The highest BCUT2D eigenvalue weighted by Crippen LogP contribution is 2.27. The molecule has 0 aliphatic carbocycles. The highest BCUT2D eigenvalue weighted by molar-refractivity contribution is 5.63. The van der Waals surface area contributed by atoms with Crippen molar-refractivity contribution < 1.29 is 9.26 Å². The van der Waals surface area contributed by atoms with Crippen molar-refractivity contribution in [1.82, 2.24) is 5.16 Å². The number of hydrogen-bond donors (Lipinski definition) is 0. The molecule has 0 radical (unpaired) electrons. The van der Waals surface area contributed by atoms with Crippen LogP contribution in [0.15, 0.2) is 28.8 Å². The zero-order valence-corrected chi connectivity index (χ0v) is 9.07. The van der Waals surface area contributed by atoms with Gasteiger partial charge in [0.05, 0.1) is 12.8 Å². The summed E-state index contributed by atoms with van der Waals surface area (Å²) in [5.74, 6) is 1.63. The van der Waals surface area contributed by atoms with Crippen LogP contribution in [0.3, 0.4) is 0 Å². The molecule has 78 valence electrons. The summed E-state index contributed by atoms with van der Waals surface area (Å²) in [6, 6.07) is 7.76. The number of hydrogen-bond acceptors (Lipinski definition) is 3. The molecule has 0 saturated heterocycles. The van der Waals surface area contributed by atoms with Gasteiger partial charge >= 0.3 is 0 Å². The van der Waals surface area contributed by atoms with Crippen LogP contribution in [0.5, 0.6) is 5.75 Å². The van der Waals surface area contributed by atoms with Crippen LogP contribution in [0.1, 0.15) is 11.3 Å². The molecule has 0 spiro atoms. The van der Waals surface area contributed by atoms with Gasteiger partial charge in [0.2, 0.25) is 0 Å². The second-order valence-electron chi connectivity index (χ2n) is 3.45. The number of methoxy groups -OCH3 is 1. The summed E-state index contributed by atoms with van der Waals surface area (Å²) < 4.78 is 10.4. The molecule has 1 aromatic heterocycles. The number of nitrogens with zero attached hydrogens (tertiary/aromatic N) is 1. The van der Waals surface area contributed by atoms with Crippen LogP contribution in [0.25, 0.3) is 11.3 Å². The Morgan fingerprint density at radius 2 is 2.07 bits per heavy atom. The molecule has 1 heterocycles. The Morgan fingerprint density at radius 3 is 2.67 bits per heavy atom. The average molecular weight is 203 g/mol. The molecule has 0 N–H and O–H groups in total. The van der Waals surface area contributed by atoms with Gasteiger partial charge in [0, 0.05) is 11.1 Å². The van der Waals surface area contributed by atoms with Crippen LogP contribution < -0.4 is 4.74 Å². The Balaban J connectivity index is 2.49. The van der Waals surface area contributed by atoms with Crippen molar-refractivity contribution in [3.63, 3.8) is 0 Å². The largest absolute Gasteiger partial charge is 0.497 e. The number of benzene rings is 1. The molecule has 0 aliphatic rings. The lowest BCUT2D eigenvalue weighted by Crippen LogP contribution is -1.84. The molecule has 0 aliphatic heterocycles. The SMILES string of the molecule is COc1cccc(-c2onc(C)c2C)c1. The number of aromatic nitrogens is 1. The second kappa shape index (κ2) is 3.77. The Hall–Kier alpha value is -1.77. The predicted molar refractivity (Wildman–Crippen MR) is 58.0 cm³/mol. The van der Waals surface area contributed by atoms with E-state index in [0.717, 1.165) is 28.3 Å². The van der Waals surface area contributed by atoms with E-state index in [-0.39, 0.29) is 0 Å². The molecular weight excluding hydrogens is 190 g/mol. The first-order valence-corrected chi connectivity index (χ1v) is 4.79. The van der Waals surface area contributed by atoms with Crippen LogP contribution >= 0.6 is 0 Å². The fourth-order valence-corrected chi connectivity index (χ4v) is 1.45. The van der Waals surface area contributed by atoms with E-state index in [4.69, 9.17) is 9.26 Å². The van der Waals surface area contributed by atoms with Gasteiger partial charge in [0.25, 0.3) is 0 Å². The van der Waals surface area contributed by atoms with Crippen LogP contribution in [0.2, 0.25) is 0 Å². The minimum absolute atomic E-state index is 0.811. The van der Waals surface area contributed by atoms with Gasteiger partial charge in [-0.15, -0.1) is 0 Å². The number of aryl methyl sites for hydroxylation is 1. The molecular formula is C12H13NO2. The van der Waals surface area contributed by atoms with Crippen LogP contribution in [-0.4, -0.2) is 12.3 Å². The molecule has 0 atom stereocenters. The van der Waals surface area contributed by atoms with E-state index >= 15 is 0 Å². The van der Waals surface area contributed by atoms with Crippen molar-refractivity contribution in [2.45, 2.75) is 13.8 Å². The third-order valence-corrected chi connectivity index (χ3v) is 2.49. The second-order valence-corrected chi connectivity index (χ2v) is 3.45. The topological polar surface area (TPSA) is 35.3 Å². The molecule has 3 nitrogen and oxygen atoms in total. The maximum absolute atomic E-state index is 5.28. The summed E-state index contributed by atoms with van der Waals surface area (Å²) in [5.41, 5.74) is 2.99. The monoisotopic (exact) mass is 203 g/mol. The van der Waals surface area contributed by atoms with E-state index in [1.54, 1.807) is 7.11 Å². The molecule has 0 amide bonds. The number of ether oxygens (including phenoxy) is 1. The molecule has 1 aromatic carbocycles. The lowest BCUT2D eigenvalue weighted by atomic mass is 10.1. The summed E-state index contributed by atoms with van der Waals surface area (Å²) in [6.07, 6.45) is 0. The molecule has 0 unspecified atom stereocenters. The van der Waals surface area contributed by atoms with Gasteiger partial charge in [-0.2, -0.15) is 0 Å². The Morgan fingerprint density at radius 1 is 1.27 bits per heavy atom. The highest BCUT2D eigenvalue weighted by Gasteiger charge is 2.10. The summed E-state index contributed by atoms with van der Waals surface area (Å²) in [4.78, 5) is 0. The summed E-state index contributed by atoms with van der Waals surface area (Å²) >= 11 is 0. The van der Waals surface area contributed by atoms with E-state index in [9.17, 15) is 0 Å². The first kappa shape index (κ1) is 9.77. The van der Waals surface area contributed by atoms with Gasteiger partial charge in [-0.3, -0.25) is 0 Å². The normalized spacial score (nSPS) is 10.3. The average Bonchev–Trinajstić information content (AvgIpc) is 2.60. The Labute approximate surface area is 88.7 Å². The summed E-state index contributed by atoms with van der Waals surface area (Å²) in [5, 5.41) is 3.93. The van der Waals surface area contributed by atoms with Crippen LogP contribution in [0.4, 0.5) is 0 Å². The third-order valence-electron chi connectivity index (χ3n) is 2.49. The van der Waals surface area contributed by atoms with E-state index in [0.29, 0.717) is 0 Å². The highest BCUT2D eigenvalue weighted by atomic mass is 16.5. The first-order chi connectivity index (χ1) is 7.22. The van der Waals surface area contributed by atoms with Crippen molar-refractivity contribution in [3.05, 3.63) is 35.5 Å². The van der Waals surface area contributed by atoms with Gasteiger partial charge in [-0.05, 0) is 26.0 Å². The summed E-state index contributed by atoms with van der Waals surface area (Å²) in [6.45, 7) is 3.93. The van der Waals surface area contributed by atoms with E-state index in [1.807, 2.05) is 38.1 Å². The zero-order valence-electron chi connectivity index (χ0n) is 9.07. The molecule has 2 aromatic rings. The van der Waals surface area contributed by atoms with Crippen molar-refractivity contribution >= 4 is 0 Å². The minimum atomic E-state index is 0.811. The molecule has 0 bridgehead atoms. The zero-order chi connectivity index (χ0) is 10.8. The van der Waals surface area contributed by atoms with Crippen molar-refractivity contribution in [3.8, 4) is 17.1 Å². The van der Waals surface area contributed by atoms with E-state index in [2.05, 4.69) is 5.16 Å². The standard InChI is InChI=1S/C12H13NO2/c1-8-9(2)13-15-12(8)10-5-4-6-11(7-10)14-3/h4-7H,1-3H3. The van der Waals surface area contributed by atoms with Gasteiger partial charge in [-0.1, -0.05) is 17.3 Å². The fourth-order valence-electron chi connectivity index (χ4n) is 1.45. The van der Waals surface area contributed by atoms with Gasteiger partial charge < -0.3 is 9.26 Å². The van der Waals surface area contributed by atoms with Gasteiger partial charge in [-0.25, -0.2) is 0 Å². The maximum atomic E-state index is 5.28. The smallest absolute Gasteiger partial charge is 0.170 e. The molecule has 2 rings (SSSR count). The third kappa shape index (κ3) is 1.73.